The van der Waals surface area contributed by atoms with Gasteiger partial charge in [0.1, 0.15) is 0 Å². The second-order valence-corrected chi connectivity index (χ2v) is 6.41. The highest BCUT2D eigenvalue weighted by atomic mass is 19.2. The summed E-state index contributed by atoms with van der Waals surface area (Å²) in [7, 11) is 0. The Labute approximate surface area is 160 Å². The molecule has 0 unspecified atom stereocenters. The summed E-state index contributed by atoms with van der Waals surface area (Å²) in [5, 5.41) is 0. The second-order valence-electron chi connectivity index (χ2n) is 6.41. The number of rotatable bonds is 5. The standard InChI is InChI=1S/C23H17F5/c1-2-3-14-4-6-15(7-5-14)16-8-10-17(11-9-16)21(26)22(27)18-12-19(24)23(28)20(25)13-18/h4-13H,2-3H2,1H3/b22-21+. The molecular weight excluding hydrogens is 371 g/mol. The molecule has 0 amide bonds. The minimum Gasteiger partial charge on any atom is -0.204 e. The molecule has 0 nitrogen and oxygen atoms in total. The van der Waals surface area contributed by atoms with E-state index in [0.29, 0.717) is 12.1 Å². The lowest BCUT2D eigenvalue weighted by atomic mass is 10.0. The third kappa shape index (κ3) is 4.14. The fourth-order valence-corrected chi connectivity index (χ4v) is 2.90. The lowest BCUT2D eigenvalue weighted by Crippen LogP contribution is -1.94. The third-order valence-electron chi connectivity index (χ3n) is 4.39. The Hall–Kier alpha value is -2.95. The van der Waals surface area contributed by atoms with Gasteiger partial charge < -0.3 is 0 Å². The van der Waals surface area contributed by atoms with Crippen molar-refractivity contribution in [2.45, 2.75) is 19.8 Å². The van der Waals surface area contributed by atoms with Gasteiger partial charge in [0.15, 0.2) is 29.1 Å². The van der Waals surface area contributed by atoms with Gasteiger partial charge >= 0.3 is 0 Å². The third-order valence-corrected chi connectivity index (χ3v) is 4.39. The summed E-state index contributed by atoms with van der Waals surface area (Å²) in [6.45, 7) is 2.10. The fourth-order valence-electron chi connectivity index (χ4n) is 2.90. The van der Waals surface area contributed by atoms with Crippen LogP contribution in [0.25, 0.3) is 22.8 Å². The van der Waals surface area contributed by atoms with Gasteiger partial charge in [0, 0.05) is 11.1 Å². The molecule has 28 heavy (non-hydrogen) atoms. The van der Waals surface area contributed by atoms with E-state index in [0.717, 1.165) is 24.0 Å². The Balaban J connectivity index is 1.88. The van der Waals surface area contributed by atoms with Crippen LogP contribution in [0.15, 0.2) is 60.7 Å². The number of hydrogen-bond donors (Lipinski definition) is 0. The largest absolute Gasteiger partial charge is 0.204 e. The second kappa shape index (κ2) is 8.38. The Bertz CT molecular complexity index is 979. The Morgan fingerprint density at radius 2 is 1.14 bits per heavy atom. The number of hydrogen-bond acceptors (Lipinski definition) is 0. The van der Waals surface area contributed by atoms with Crippen molar-refractivity contribution in [3.8, 4) is 11.1 Å². The average Bonchev–Trinajstić information content (AvgIpc) is 2.71. The van der Waals surface area contributed by atoms with Gasteiger partial charge in [0.05, 0.1) is 0 Å². The molecule has 0 saturated carbocycles. The quantitative estimate of drug-likeness (QED) is 0.241. The molecule has 0 spiro atoms. The molecule has 0 aromatic heterocycles. The van der Waals surface area contributed by atoms with E-state index in [1.807, 2.05) is 24.3 Å². The molecule has 0 aliphatic carbocycles. The van der Waals surface area contributed by atoms with Gasteiger partial charge in [0.2, 0.25) is 0 Å². The summed E-state index contributed by atoms with van der Waals surface area (Å²) in [6, 6.07) is 14.8. The van der Waals surface area contributed by atoms with Crippen LogP contribution in [0, 0.1) is 17.5 Å². The number of benzene rings is 3. The summed E-state index contributed by atoms with van der Waals surface area (Å²) in [4.78, 5) is 0. The van der Waals surface area contributed by atoms with Crippen molar-refractivity contribution < 1.29 is 22.0 Å². The van der Waals surface area contributed by atoms with Gasteiger partial charge in [-0.15, -0.1) is 0 Å². The van der Waals surface area contributed by atoms with E-state index in [-0.39, 0.29) is 5.56 Å². The number of halogens is 5. The smallest absolute Gasteiger partial charge is 0.194 e. The van der Waals surface area contributed by atoms with Crippen LogP contribution in [0.1, 0.15) is 30.0 Å². The molecule has 5 heteroatoms. The molecule has 0 saturated heterocycles. The van der Waals surface area contributed by atoms with Crippen molar-refractivity contribution in [3.63, 3.8) is 0 Å². The lowest BCUT2D eigenvalue weighted by molar-refractivity contribution is 0.446. The zero-order valence-electron chi connectivity index (χ0n) is 15.1. The van der Waals surface area contributed by atoms with E-state index in [9.17, 15) is 22.0 Å². The van der Waals surface area contributed by atoms with Crippen molar-refractivity contribution in [1.82, 2.24) is 0 Å². The fraction of sp³-hybridized carbons (Fsp3) is 0.130. The minimum absolute atomic E-state index is 0.0889. The molecule has 0 N–H and O–H groups in total. The molecule has 0 bridgehead atoms. The van der Waals surface area contributed by atoms with Gasteiger partial charge in [0.25, 0.3) is 0 Å². The first kappa shape index (κ1) is 19.8. The molecule has 0 aliphatic rings. The monoisotopic (exact) mass is 388 g/mol. The van der Waals surface area contributed by atoms with Gasteiger partial charge in [-0.05, 0) is 35.2 Å². The van der Waals surface area contributed by atoms with E-state index in [1.165, 1.54) is 17.7 Å². The molecular formula is C23H17F5. The predicted molar refractivity (Wildman–Crippen MR) is 101 cm³/mol. The highest BCUT2D eigenvalue weighted by molar-refractivity contribution is 5.83. The maximum absolute atomic E-state index is 14.4. The van der Waals surface area contributed by atoms with Gasteiger partial charge in [-0.3, -0.25) is 0 Å². The minimum atomic E-state index is -1.73. The van der Waals surface area contributed by atoms with Crippen LogP contribution in [0.2, 0.25) is 0 Å². The van der Waals surface area contributed by atoms with Crippen molar-refractivity contribution in [2.24, 2.45) is 0 Å². The Kier molecular flexibility index (Phi) is 5.93. The van der Waals surface area contributed by atoms with Crippen LogP contribution in [0.5, 0.6) is 0 Å². The van der Waals surface area contributed by atoms with E-state index in [2.05, 4.69) is 6.92 Å². The first-order valence-electron chi connectivity index (χ1n) is 8.80. The van der Waals surface area contributed by atoms with Crippen molar-refractivity contribution in [2.75, 3.05) is 0 Å². The number of aryl methyl sites for hydroxylation is 1. The van der Waals surface area contributed by atoms with Crippen LogP contribution in [-0.4, -0.2) is 0 Å². The molecule has 3 aromatic rings. The van der Waals surface area contributed by atoms with Gasteiger partial charge in [-0.25, -0.2) is 22.0 Å². The normalized spacial score (nSPS) is 12.1. The van der Waals surface area contributed by atoms with Crippen molar-refractivity contribution in [1.29, 1.82) is 0 Å². The zero-order chi connectivity index (χ0) is 20.3. The van der Waals surface area contributed by atoms with Gasteiger partial charge in [-0.1, -0.05) is 61.9 Å². The molecule has 0 radical (unpaired) electrons. The first-order valence-corrected chi connectivity index (χ1v) is 8.80. The summed E-state index contributed by atoms with van der Waals surface area (Å²) in [5.41, 5.74) is 2.17. The van der Waals surface area contributed by atoms with E-state index in [1.54, 1.807) is 12.1 Å². The van der Waals surface area contributed by atoms with Crippen LogP contribution in [-0.2, 0) is 6.42 Å². The van der Waals surface area contributed by atoms with Crippen molar-refractivity contribution in [3.05, 3.63) is 94.8 Å². The predicted octanol–water partition coefficient (Wildman–Crippen LogP) is 7.49. The van der Waals surface area contributed by atoms with Crippen LogP contribution >= 0.6 is 0 Å². The highest BCUT2D eigenvalue weighted by Gasteiger charge is 2.17. The summed E-state index contributed by atoms with van der Waals surface area (Å²) < 4.78 is 68.2. The lowest BCUT2D eigenvalue weighted by Gasteiger charge is -2.07. The summed E-state index contributed by atoms with van der Waals surface area (Å²) in [6.07, 6.45) is 2.03. The van der Waals surface area contributed by atoms with E-state index >= 15 is 0 Å². The molecule has 0 heterocycles. The molecule has 0 atom stereocenters. The summed E-state index contributed by atoms with van der Waals surface area (Å²) in [5.74, 6) is -7.64. The van der Waals surface area contributed by atoms with Crippen LogP contribution < -0.4 is 0 Å². The van der Waals surface area contributed by atoms with E-state index in [4.69, 9.17) is 0 Å². The Morgan fingerprint density at radius 3 is 1.64 bits per heavy atom. The molecule has 144 valence electrons. The van der Waals surface area contributed by atoms with Crippen LogP contribution in [0.3, 0.4) is 0 Å². The molecule has 3 aromatic carbocycles. The average molecular weight is 388 g/mol. The van der Waals surface area contributed by atoms with Crippen molar-refractivity contribution >= 4 is 11.7 Å². The SMILES string of the molecule is CCCc1ccc(-c2ccc(/C(F)=C(\F)c3cc(F)c(F)c(F)c3)cc2)cc1. The summed E-state index contributed by atoms with van der Waals surface area (Å²) >= 11 is 0. The Morgan fingerprint density at radius 1 is 0.679 bits per heavy atom. The highest BCUT2D eigenvalue weighted by Crippen LogP contribution is 2.31. The topological polar surface area (TPSA) is 0 Å². The molecule has 0 fully saturated rings. The van der Waals surface area contributed by atoms with Gasteiger partial charge in [-0.2, -0.15) is 0 Å². The first-order chi connectivity index (χ1) is 13.4. The zero-order valence-corrected chi connectivity index (χ0v) is 15.1. The van der Waals surface area contributed by atoms with E-state index < -0.39 is 34.7 Å². The molecule has 0 aliphatic heterocycles. The maximum Gasteiger partial charge on any atom is 0.194 e. The molecule has 3 rings (SSSR count). The van der Waals surface area contributed by atoms with Crippen LogP contribution in [0.4, 0.5) is 22.0 Å². The maximum atomic E-state index is 14.4.